The number of benzene rings is 1. The van der Waals surface area contributed by atoms with Crippen LogP contribution in [0.3, 0.4) is 0 Å². The van der Waals surface area contributed by atoms with Crippen LogP contribution in [0.4, 0.5) is 0 Å². The van der Waals surface area contributed by atoms with Gasteiger partial charge in [-0.2, -0.15) is 0 Å². The van der Waals surface area contributed by atoms with Crippen LogP contribution >= 0.6 is 0 Å². The number of hydrogen-bond donors (Lipinski definition) is 1. The van der Waals surface area contributed by atoms with E-state index in [0.717, 1.165) is 12.2 Å². The lowest BCUT2D eigenvalue weighted by molar-refractivity contribution is 0.0855. The largest absolute Gasteiger partial charge is 0.491 e. The van der Waals surface area contributed by atoms with Gasteiger partial charge in [0.15, 0.2) is 0 Å². The van der Waals surface area contributed by atoms with Gasteiger partial charge in [-0.15, -0.1) is 0 Å². The maximum Gasteiger partial charge on any atom is 0.119 e. The Kier molecular flexibility index (Phi) is 4.65. The highest BCUT2D eigenvalue weighted by Gasteiger charge is 2.19. The number of ether oxygens (including phenoxy) is 1. The molecule has 1 unspecified atom stereocenters. The van der Waals surface area contributed by atoms with Crippen LogP contribution in [-0.2, 0) is 0 Å². The van der Waals surface area contributed by atoms with Gasteiger partial charge >= 0.3 is 0 Å². The molecule has 1 atom stereocenters. The summed E-state index contributed by atoms with van der Waals surface area (Å²) in [5, 5.41) is 9.98. The van der Waals surface area contributed by atoms with E-state index in [1.807, 2.05) is 12.1 Å². The maximum absolute atomic E-state index is 9.98. The van der Waals surface area contributed by atoms with E-state index in [0.29, 0.717) is 12.5 Å². The minimum absolute atomic E-state index is 0.325. The first-order valence-corrected chi connectivity index (χ1v) is 7.02. The molecule has 1 fully saturated rings. The fourth-order valence-electron chi connectivity index (χ4n) is 2.91. The molecule has 0 amide bonds. The Hall–Kier alpha value is -1.02. The summed E-state index contributed by atoms with van der Waals surface area (Å²) in [4.78, 5) is 0. The van der Waals surface area contributed by atoms with Gasteiger partial charge in [0.25, 0.3) is 0 Å². The highest BCUT2D eigenvalue weighted by Crippen LogP contribution is 2.28. The Bertz CT molecular complexity index is 360. The average molecular weight is 248 g/mol. The molecule has 1 aliphatic rings. The van der Waals surface area contributed by atoms with Crippen LogP contribution in [-0.4, -0.2) is 17.8 Å². The summed E-state index contributed by atoms with van der Waals surface area (Å²) in [6.07, 6.45) is 5.78. The molecule has 18 heavy (non-hydrogen) atoms. The quantitative estimate of drug-likeness (QED) is 0.862. The first-order valence-electron chi connectivity index (χ1n) is 7.02. The highest BCUT2D eigenvalue weighted by molar-refractivity contribution is 5.32. The van der Waals surface area contributed by atoms with E-state index in [1.165, 1.54) is 36.8 Å². The normalized spacial score (nSPS) is 17.9. The molecule has 2 rings (SSSR count). The van der Waals surface area contributed by atoms with Gasteiger partial charge in [0.05, 0.1) is 6.10 Å². The SMILES string of the molecule is Cc1cc(C)cc(OCC(O)CC2CCCC2)c1. The standard InChI is InChI=1S/C16H24O2/c1-12-7-13(2)9-16(8-12)18-11-15(17)10-14-5-3-4-6-14/h7-9,14-15,17H,3-6,10-11H2,1-2H3. The zero-order valence-electron chi connectivity index (χ0n) is 11.5. The minimum atomic E-state index is -0.325. The Morgan fingerprint density at radius 1 is 1.17 bits per heavy atom. The molecule has 1 saturated carbocycles. The highest BCUT2D eigenvalue weighted by atomic mass is 16.5. The first kappa shape index (κ1) is 13.4. The number of aliphatic hydroxyl groups excluding tert-OH is 1. The monoisotopic (exact) mass is 248 g/mol. The van der Waals surface area contributed by atoms with E-state index in [2.05, 4.69) is 19.9 Å². The summed E-state index contributed by atoms with van der Waals surface area (Å²) in [5.74, 6) is 1.58. The lowest BCUT2D eigenvalue weighted by Crippen LogP contribution is -2.20. The molecule has 0 spiro atoms. The zero-order chi connectivity index (χ0) is 13.0. The van der Waals surface area contributed by atoms with Crippen LogP contribution < -0.4 is 4.74 Å². The van der Waals surface area contributed by atoms with Crippen LogP contribution in [0.15, 0.2) is 18.2 Å². The van der Waals surface area contributed by atoms with Crippen molar-refractivity contribution in [2.75, 3.05) is 6.61 Å². The predicted molar refractivity (Wildman–Crippen MR) is 74.0 cm³/mol. The Balaban J connectivity index is 1.79. The molecule has 1 aromatic rings. The lowest BCUT2D eigenvalue weighted by atomic mass is 10.0. The third-order valence-corrected chi connectivity index (χ3v) is 3.72. The van der Waals surface area contributed by atoms with E-state index in [-0.39, 0.29) is 6.10 Å². The van der Waals surface area contributed by atoms with Crippen LogP contribution in [0.5, 0.6) is 5.75 Å². The van der Waals surface area contributed by atoms with Gasteiger partial charge in [0.2, 0.25) is 0 Å². The third kappa shape index (κ3) is 4.02. The zero-order valence-corrected chi connectivity index (χ0v) is 11.5. The summed E-state index contributed by atoms with van der Waals surface area (Å²) < 4.78 is 5.69. The molecule has 0 bridgehead atoms. The molecular formula is C16H24O2. The number of aryl methyl sites for hydroxylation is 2. The molecule has 2 heteroatoms. The first-order chi connectivity index (χ1) is 8.63. The van der Waals surface area contributed by atoms with Crippen molar-refractivity contribution in [1.29, 1.82) is 0 Å². The van der Waals surface area contributed by atoms with E-state index in [4.69, 9.17) is 4.74 Å². The molecule has 100 valence electrons. The van der Waals surface area contributed by atoms with Crippen molar-refractivity contribution in [2.45, 2.75) is 52.1 Å². The molecule has 2 nitrogen and oxygen atoms in total. The smallest absolute Gasteiger partial charge is 0.119 e. The summed E-state index contributed by atoms with van der Waals surface area (Å²) >= 11 is 0. The van der Waals surface area contributed by atoms with Crippen molar-refractivity contribution in [1.82, 2.24) is 0 Å². The second-order valence-corrected chi connectivity index (χ2v) is 5.67. The van der Waals surface area contributed by atoms with Crippen molar-refractivity contribution in [2.24, 2.45) is 5.92 Å². The Morgan fingerprint density at radius 2 is 1.78 bits per heavy atom. The van der Waals surface area contributed by atoms with E-state index in [9.17, 15) is 5.11 Å². The van der Waals surface area contributed by atoms with Crippen LogP contribution in [0.1, 0.15) is 43.2 Å². The van der Waals surface area contributed by atoms with Crippen LogP contribution in [0.25, 0.3) is 0 Å². The van der Waals surface area contributed by atoms with Gasteiger partial charge in [-0.05, 0) is 49.4 Å². The van der Waals surface area contributed by atoms with Gasteiger partial charge < -0.3 is 9.84 Å². The fraction of sp³-hybridized carbons (Fsp3) is 0.625. The second-order valence-electron chi connectivity index (χ2n) is 5.67. The van der Waals surface area contributed by atoms with E-state index >= 15 is 0 Å². The minimum Gasteiger partial charge on any atom is -0.491 e. The molecule has 0 aliphatic heterocycles. The van der Waals surface area contributed by atoms with Crippen molar-refractivity contribution in [3.63, 3.8) is 0 Å². The molecule has 1 aromatic carbocycles. The second kappa shape index (κ2) is 6.24. The van der Waals surface area contributed by atoms with Crippen molar-refractivity contribution >= 4 is 0 Å². The van der Waals surface area contributed by atoms with Gasteiger partial charge in [-0.3, -0.25) is 0 Å². The maximum atomic E-state index is 9.98. The van der Waals surface area contributed by atoms with E-state index < -0.39 is 0 Å². The lowest BCUT2D eigenvalue weighted by Gasteiger charge is -2.16. The number of rotatable bonds is 5. The molecule has 1 aliphatic carbocycles. The van der Waals surface area contributed by atoms with Gasteiger partial charge in [-0.25, -0.2) is 0 Å². The molecule has 0 heterocycles. The van der Waals surface area contributed by atoms with Crippen molar-refractivity contribution in [3.8, 4) is 5.75 Å². The summed E-state index contributed by atoms with van der Waals surface area (Å²) in [5.41, 5.74) is 2.41. The fourth-order valence-corrected chi connectivity index (χ4v) is 2.91. The Morgan fingerprint density at radius 3 is 2.39 bits per heavy atom. The van der Waals surface area contributed by atoms with E-state index in [1.54, 1.807) is 0 Å². The Labute approximate surface area is 110 Å². The van der Waals surface area contributed by atoms with Crippen LogP contribution in [0, 0.1) is 19.8 Å². The molecule has 0 radical (unpaired) electrons. The summed E-state index contributed by atoms with van der Waals surface area (Å²) in [6.45, 7) is 4.54. The topological polar surface area (TPSA) is 29.5 Å². The number of hydrogen-bond acceptors (Lipinski definition) is 2. The number of aliphatic hydroxyl groups is 1. The van der Waals surface area contributed by atoms with Crippen LogP contribution in [0.2, 0.25) is 0 Å². The molecular weight excluding hydrogens is 224 g/mol. The van der Waals surface area contributed by atoms with Gasteiger partial charge in [0, 0.05) is 0 Å². The summed E-state index contributed by atoms with van der Waals surface area (Å²) in [7, 11) is 0. The third-order valence-electron chi connectivity index (χ3n) is 3.72. The summed E-state index contributed by atoms with van der Waals surface area (Å²) in [6, 6.07) is 6.17. The van der Waals surface area contributed by atoms with Crippen molar-refractivity contribution < 1.29 is 9.84 Å². The molecule has 1 N–H and O–H groups in total. The van der Waals surface area contributed by atoms with Gasteiger partial charge in [-0.1, -0.05) is 31.7 Å². The average Bonchev–Trinajstić information content (AvgIpc) is 2.78. The predicted octanol–water partition coefficient (Wildman–Crippen LogP) is 3.62. The molecule has 0 saturated heterocycles. The molecule has 0 aromatic heterocycles. The van der Waals surface area contributed by atoms with Crippen molar-refractivity contribution in [3.05, 3.63) is 29.3 Å². The van der Waals surface area contributed by atoms with Gasteiger partial charge in [0.1, 0.15) is 12.4 Å².